The maximum absolute atomic E-state index is 11.8. The topological polar surface area (TPSA) is 76.1 Å². The Hall–Kier alpha value is -1.21. The largest absolute Gasteiger partial charge is 0.349 e. The average molecular weight is 328 g/mol. The molecule has 1 unspecified atom stereocenters. The third kappa shape index (κ3) is 4.64. The van der Waals surface area contributed by atoms with Gasteiger partial charge in [0.15, 0.2) is 9.84 Å². The second kappa shape index (κ2) is 5.88. The molecule has 0 aliphatic carbocycles. The number of hydrogen-bond donors (Lipinski definition) is 1. The Morgan fingerprint density at radius 1 is 1.48 bits per heavy atom. The van der Waals surface area contributed by atoms with E-state index in [0.717, 1.165) is 9.88 Å². The Morgan fingerprint density at radius 3 is 2.71 bits per heavy atom. The standard InChI is InChI=1S/C14H20N2O3S2/c1-14(2,3)13-15-8-11(20-13)4-5-12(17)16-10-6-7-21(18,19)9-10/h4-5,8,10H,6-7,9H2,1-3H3,(H,16,17)/b5-4+. The maximum atomic E-state index is 11.8. The van der Waals surface area contributed by atoms with Crippen LogP contribution in [0.25, 0.3) is 6.08 Å². The minimum absolute atomic E-state index is 0.00276. The van der Waals surface area contributed by atoms with Crippen LogP contribution in [0.4, 0.5) is 0 Å². The molecule has 0 aromatic carbocycles. The van der Waals surface area contributed by atoms with E-state index >= 15 is 0 Å². The van der Waals surface area contributed by atoms with E-state index in [-0.39, 0.29) is 28.9 Å². The quantitative estimate of drug-likeness (QED) is 0.858. The molecule has 1 aliphatic heterocycles. The lowest BCUT2D eigenvalue weighted by Gasteiger charge is -2.13. The molecule has 1 aliphatic rings. The van der Waals surface area contributed by atoms with Crippen LogP contribution in [0.5, 0.6) is 0 Å². The number of carbonyl (C=O) groups is 1. The number of hydrogen-bond acceptors (Lipinski definition) is 5. The minimum atomic E-state index is -2.97. The molecule has 5 nitrogen and oxygen atoms in total. The van der Waals surface area contributed by atoms with Crippen molar-refractivity contribution in [1.82, 2.24) is 10.3 Å². The number of nitrogens with zero attached hydrogens (tertiary/aromatic N) is 1. The molecule has 0 spiro atoms. The summed E-state index contributed by atoms with van der Waals surface area (Å²) in [6.07, 6.45) is 5.39. The number of carbonyl (C=O) groups excluding carboxylic acids is 1. The van der Waals surface area contributed by atoms with E-state index < -0.39 is 9.84 Å². The second-order valence-corrected chi connectivity index (χ2v) is 9.55. The number of thiazole rings is 1. The molecule has 7 heteroatoms. The first kappa shape index (κ1) is 16.2. The van der Waals surface area contributed by atoms with Crippen LogP contribution < -0.4 is 5.32 Å². The fourth-order valence-electron chi connectivity index (χ4n) is 2.03. The number of nitrogens with one attached hydrogen (secondary N) is 1. The van der Waals surface area contributed by atoms with Crippen LogP contribution in [0.1, 0.15) is 37.1 Å². The summed E-state index contributed by atoms with van der Waals surface area (Å²) >= 11 is 1.55. The van der Waals surface area contributed by atoms with E-state index in [1.54, 1.807) is 23.6 Å². The van der Waals surface area contributed by atoms with Gasteiger partial charge in [-0.05, 0) is 12.5 Å². The summed E-state index contributed by atoms with van der Waals surface area (Å²) in [5.74, 6) is -0.0601. The van der Waals surface area contributed by atoms with E-state index in [9.17, 15) is 13.2 Å². The molecule has 2 rings (SSSR count). The zero-order valence-corrected chi connectivity index (χ0v) is 14.1. The van der Waals surface area contributed by atoms with Crippen LogP contribution in [0.3, 0.4) is 0 Å². The summed E-state index contributed by atoms with van der Waals surface area (Å²) in [7, 11) is -2.97. The van der Waals surface area contributed by atoms with Gasteiger partial charge in [-0.3, -0.25) is 4.79 Å². The van der Waals surface area contributed by atoms with E-state index in [4.69, 9.17) is 0 Å². The highest BCUT2D eigenvalue weighted by Crippen LogP contribution is 2.27. The van der Waals surface area contributed by atoms with Gasteiger partial charge in [0.25, 0.3) is 0 Å². The molecule has 116 valence electrons. The number of sulfone groups is 1. The first-order chi connectivity index (χ1) is 9.66. The Morgan fingerprint density at radius 2 is 2.19 bits per heavy atom. The summed E-state index contributed by atoms with van der Waals surface area (Å²) in [6, 6.07) is -0.265. The fraction of sp³-hybridized carbons (Fsp3) is 0.571. The predicted molar refractivity (Wildman–Crippen MR) is 85.0 cm³/mol. The van der Waals surface area contributed by atoms with E-state index in [2.05, 4.69) is 31.1 Å². The van der Waals surface area contributed by atoms with Crippen LogP contribution in [0.2, 0.25) is 0 Å². The number of rotatable bonds is 3. The predicted octanol–water partition coefficient (Wildman–Crippen LogP) is 1.76. The molecular weight excluding hydrogens is 308 g/mol. The normalized spacial score (nSPS) is 21.8. The van der Waals surface area contributed by atoms with Crippen molar-refractivity contribution in [2.24, 2.45) is 0 Å². The van der Waals surface area contributed by atoms with Gasteiger partial charge in [-0.15, -0.1) is 11.3 Å². The lowest BCUT2D eigenvalue weighted by molar-refractivity contribution is -0.116. The van der Waals surface area contributed by atoms with E-state index in [1.807, 2.05) is 0 Å². The Kier molecular flexibility index (Phi) is 4.53. The molecule has 1 aromatic heterocycles. The van der Waals surface area contributed by atoms with Crippen LogP contribution in [0.15, 0.2) is 12.3 Å². The molecule has 0 saturated carbocycles. The molecule has 1 atom stereocenters. The monoisotopic (exact) mass is 328 g/mol. The Labute approximate surface area is 129 Å². The number of amides is 1. The highest BCUT2D eigenvalue weighted by molar-refractivity contribution is 7.91. The first-order valence-corrected chi connectivity index (χ1v) is 9.45. The molecule has 1 N–H and O–H groups in total. The molecule has 0 radical (unpaired) electrons. The van der Waals surface area contributed by atoms with Gasteiger partial charge in [0.1, 0.15) is 0 Å². The summed E-state index contributed by atoms with van der Waals surface area (Å²) in [6.45, 7) is 6.27. The van der Waals surface area contributed by atoms with Crippen molar-refractivity contribution in [1.29, 1.82) is 0 Å². The van der Waals surface area contributed by atoms with Crippen molar-refractivity contribution < 1.29 is 13.2 Å². The summed E-state index contributed by atoms with van der Waals surface area (Å²) in [5, 5.41) is 3.74. The molecule has 1 aromatic rings. The van der Waals surface area contributed by atoms with Crippen molar-refractivity contribution in [3.63, 3.8) is 0 Å². The molecule has 21 heavy (non-hydrogen) atoms. The molecule has 1 saturated heterocycles. The average Bonchev–Trinajstić information content (AvgIpc) is 2.93. The van der Waals surface area contributed by atoms with Gasteiger partial charge >= 0.3 is 0 Å². The Balaban J connectivity index is 1.92. The van der Waals surface area contributed by atoms with Gasteiger partial charge in [-0.25, -0.2) is 13.4 Å². The van der Waals surface area contributed by atoms with Crippen LogP contribution in [-0.2, 0) is 20.0 Å². The van der Waals surface area contributed by atoms with Gasteiger partial charge in [0, 0.05) is 28.6 Å². The first-order valence-electron chi connectivity index (χ1n) is 6.81. The van der Waals surface area contributed by atoms with Crippen LogP contribution in [0, 0.1) is 0 Å². The number of aromatic nitrogens is 1. The van der Waals surface area contributed by atoms with E-state index in [1.165, 1.54) is 6.08 Å². The third-order valence-electron chi connectivity index (χ3n) is 3.14. The van der Waals surface area contributed by atoms with Gasteiger partial charge < -0.3 is 5.32 Å². The fourth-order valence-corrected chi connectivity index (χ4v) is 4.58. The summed E-state index contributed by atoms with van der Waals surface area (Å²) in [4.78, 5) is 17.0. The summed E-state index contributed by atoms with van der Waals surface area (Å²) in [5.41, 5.74) is -0.00276. The van der Waals surface area contributed by atoms with Crippen molar-refractivity contribution in [2.75, 3.05) is 11.5 Å². The zero-order chi connectivity index (χ0) is 15.7. The minimum Gasteiger partial charge on any atom is -0.349 e. The van der Waals surface area contributed by atoms with Crippen LogP contribution in [-0.4, -0.2) is 36.9 Å². The highest BCUT2D eigenvalue weighted by atomic mass is 32.2. The highest BCUT2D eigenvalue weighted by Gasteiger charge is 2.28. The van der Waals surface area contributed by atoms with Crippen molar-refractivity contribution in [2.45, 2.75) is 38.6 Å². The zero-order valence-electron chi connectivity index (χ0n) is 12.4. The summed E-state index contributed by atoms with van der Waals surface area (Å²) < 4.78 is 22.6. The smallest absolute Gasteiger partial charge is 0.244 e. The van der Waals surface area contributed by atoms with Gasteiger partial charge in [-0.2, -0.15) is 0 Å². The van der Waals surface area contributed by atoms with Crippen molar-refractivity contribution in [3.8, 4) is 0 Å². The van der Waals surface area contributed by atoms with Crippen LogP contribution >= 0.6 is 11.3 Å². The van der Waals surface area contributed by atoms with Gasteiger partial charge in [0.2, 0.25) is 5.91 Å². The maximum Gasteiger partial charge on any atom is 0.244 e. The van der Waals surface area contributed by atoms with Gasteiger partial charge in [-0.1, -0.05) is 20.8 Å². The Bertz CT molecular complexity index is 654. The molecular formula is C14H20N2O3S2. The van der Waals surface area contributed by atoms with Crippen molar-refractivity contribution in [3.05, 3.63) is 22.2 Å². The molecule has 1 fully saturated rings. The lowest BCUT2D eigenvalue weighted by atomic mass is 9.98. The lowest BCUT2D eigenvalue weighted by Crippen LogP contribution is -2.34. The van der Waals surface area contributed by atoms with Crippen molar-refractivity contribution >= 4 is 33.2 Å². The van der Waals surface area contributed by atoms with Gasteiger partial charge in [0.05, 0.1) is 16.5 Å². The molecule has 1 amide bonds. The molecule has 0 bridgehead atoms. The third-order valence-corrected chi connectivity index (χ3v) is 6.30. The second-order valence-electron chi connectivity index (χ2n) is 6.26. The van der Waals surface area contributed by atoms with E-state index in [0.29, 0.717) is 6.42 Å². The molecule has 2 heterocycles. The SMILES string of the molecule is CC(C)(C)c1ncc(/C=C/C(=O)NC2CCS(=O)(=O)C2)s1.